The molecule has 1 fully saturated rings. The van der Waals surface area contributed by atoms with E-state index in [1.165, 1.54) is 4.52 Å². The number of hydrogen-bond acceptors (Lipinski definition) is 5. The van der Waals surface area contributed by atoms with Gasteiger partial charge in [-0.2, -0.15) is 4.98 Å². The van der Waals surface area contributed by atoms with Gasteiger partial charge in [-0.05, 0) is 32.8 Å². The third kappa shape index (κ3) is 2.95. The number of carboxylic acids is 1. The van der Waals surface area contributed by atoms with E-state index in [2.05, 4.69) is 20.4 Å². The lowest BCUT2D eigenvalue weighted by Crippen LogP contribution is -2.44. The topological polar surface area (TPSA) is 109 Å². The Labute approximate surface area is 139 Å². The Morgan fingerprint density at radius 1 is 1.25 bits per heavy atom. The van der Waals surface area contributed by atoms with E-state index in [9.17, 15) is 14.7 Å². The van der Waals surface area contributed by atoms with Crippen molar-refractivity contribution in [2.45, 2.75) is 46.0 Å². The number of rotatable bonds is 4. The monoisotopic (exact) mass is 331 g/mol. The van der Waals surface area contributed by atoms with Crippen LogP contribution >= 0.6 is 0 Å². The van der Waals surface area contributed by atoms with E-state index in [1.54, 1.807) is 0 Å². The summed E-state index contributed by atoms with van der Waals surface area (Å²) in [6, 6.07) is 1.85. The van der Waals surface area contributed by atoms with Crippen molar-refractivity contribution < 1.29 is 14.7 Å². The van der Waals surface area contributed by atoms with Crippen LogP contribution in [0.4, 0.5) is 0 Å². The van der Waals surface area contributed by atoms with Crippen LogP contribution < -0.4 is 5.32 Å². The van der Waals surface area contributed by atoms with Gasteiger partial charge in [0.05, 0.1) is 5.41 Å². The van der Waals surface area contributed by atoms with Crippen LogP contribution in [0.25, 0.3) is 5.78 Å². The lowest BCUT2D eigenvalue weighted by Gasteiger charge is -2.32. The maximum Gasteiger partial charge on any atom is 0.311 e. The first-order chi connectivity index (χ1) is 11.4. The second-order valence-corrected chi connectivity index (χ2v) is 6.51. The van der Waals surface area contributed by atoms with E-state index >= 15 is 0 Å². The van der Waals surface area contributed by atoms with Crippen molar-refractivity contribution in [2.75, 3.05) is 6.54 Å². The van der Waals surface area contributed by atoms with E-state index in [-0.39, 0.29) is 12.4 Å². The van der Waals surface area contributed by atoms with Gasteiger partial charge in [-0.15, -0.1) is 5.10 Å². The van der Waals surface area contributed by atoms with Crippen molar-refractivity contribution in [3.8, 4) is 0 Å². The minimum atomic E-state index is -0.877. The molecule has 3 rings (SSSR count). The Hall–Kier alpha value is -2.51. The first-order valence-electron chi connectivity index (χ1n) is 8.14. The molecule has 0 spiro atoms. The summed E-state index contributed by atoms with van der Waals surface area (Å²) < 4.78 is 1.51. The van der Waals surface area contributed by atoms with E-state index in [1.807, 2.05) is 19.9 Å². The first kappa shape index (κ1) is 16.4. The number of carboxylic acid groups (broad SMARTS) is 1. The number of aryl methyl sites for hydroxylation is 2. The SMILES string of the molecule is Cc1cc(C)n2nc(C(=O)NCC3(C(=O)O)CCCCC3)nc2n1. The van der Waals surface area contributed by atoms with Crippen molar-refractivity contribution in [3.63, 3.8) is 0 Å². The zero-order valence-electron chi connectivity index (χ0n) is 13.9. The highest BCUT2D eigenvalue weighted by atomic mass is 16.4. The number of nitrogens with zero attached hydrogens (tertiary/aromatic N) is 4. The lowest BCUT2D eigenvalue weighted by atomic mass is 9.74. The van der Waals surface area contributed by atoms with E-state index in [0.717, 1.165) is 30.7 Å². The van der Waals surface area contributed by atoms with Gasteiger partial charge in [0.1, 0.15) is 0 Å². The lowest BCUT2D eigenvalue weighted by molar-refractivity contribution is -0.150. The third-order valence-electron chi connectivity index (χ3n) is 4.67. The molecule has 0 radical (unpaired) electrons. The summed E-state index contributed by atoms with van der Waals surface area (Å²) in [7, 11) is 0. The molecule has 2 aromatic heterocycles. The summed E-state index contributed by atoms with van der Waals surface area (Å²) in [5.74, 6) is -0.946. The van der Waals surface area contributed by atoms with E-state index in [4.69, 9.17) is 0 Å². The number of nitrogens with one attached hydrogen (secondary N) is 1. The molecule has 1 aliphatic carbocycles. The zero-order chi connectivity index (χ0) is 17.3. The summed E-state index contributed by atoms with van der Waals surface area (Å²) in [5, 5.41) is 16.4. The van der Waals surface area contributed by atoms with Crippen LogP contribution in [0.5, 0.6) is 0 Å². The van der Waals surface area contributed by atoms with Gasteiger partial charge in [0.2, 0.25) is 5.82 Å². The Morgan fingerprint density at radius 2 is 1.96 bits per heavy atom. The molecule has 0 aliphatic heterocycles. The van der Waals surface area contributed by atoms with Crippen LogP contribution in [0.2, 0.25) is 0 Å². The predicted octanol–water partition coefficient (Wildman–Crippen LogP) is 1.51. The van der Waals surface area contributed by atoms with Gasteiger partial charge < -0.3 is 10.4 Å². The molecule has 1 saturated carbocycles. The highest BCUT2D eigenvalue weighted by molar-refractivity contribution is 5.91. The number of aromatic nitrogens is 4. The maximum atomic E-state index is 12.3. The molecule has 128 valence electrons. The van der Waals surface area contributed by atoms with Gasteiger partial charge in [0.25, 0.3) is 11.7 Å². The van der Waals surface area contributed by atoms with E-state index in [0.29, 0.717) is 18.6 Å². The number of carbonyl (C=O) groups is 2. The van der Waals surface area contributed by atoms with Gasteiger partial charge in [0, 0.05) is 17.9 Å². The van der Waals surface area contributed by atoms with E-state index < -0.39 is 17.3 Å². The van der Waals surface area contributed by atoms with Gasteiger partial charge >= 0.3 is 5.97 Å². The van der Waals surface area contributed by atoms with Crippen molar-refractivity contribution in [1.29, 1.82) is 0 Å². The molecular weight excluding hydrogens is 310 g/mol. The summed E-state index contributed by atoms with van der Waals surface area (Å²) in [4.78, 5) is 32.4. The molecule has 0 aromatic carbocycles. The molecular formula is C16H21N5O3. The fraction of sp³-hybridized carbons (Fsp3) is 0.562. The fourth-order valence-electron chi connectivity index (χ4n) is 3.29. The standard InChI is InChI=1S/C16H21N5O3/c1-10-8-11(2)21-15(18-10)19-12(20-21)13(22)17-9-16(14(23)24)6-4-3-5-7-16/h8H,3-7,9H2,1-2H3,(H,17,22)(H,23,24). The highest BCUT2D eigenvalue weighted by Gasteiger charge is 2.40. The molecule has 1 aliphatic rings. The first-order valence-corrected chi connectivity index (χ1v) is 8.14. The molecule has 1 amide bonds. The highest BCUT2D eigenvalue weighted by Crippen LogP contribution is 2.36. The van der Waals surface area contributed by atoms with Crippen LogP contribution in [0.1, 0.15) is 54.1 Å². The third-order valence-corrected chi connectivity index (χ3v) is 4.67. The van der Waals surface area contributed by atoms with Gasteiger partial charge in [-0.1, -0.05) is 19.3 Å². The molecule has 8 nitrogen and oxygen atoms in total. The number of amides is 1. The van der Waals surface area contributed by atoms with Crippen molar-refractivity contribution in [1.82, 2.24) is 24.9 Å². The quantitative estimate of drug-likeness (QED) is 0.879. The molecule has 0 saturated heterocycles. The van der Waals surface area contributed by atoms with Crippen molar-refractivity contribution in [3.05, 3.63) is 23.3 Å². The van der Waals surface area contributed by atoms with Crippen LogP contribution in [0.15, 0.2) is 6.07 Å². The maximum absolute atomic E-state index is 12.3. The zero-order valence-corrected chi connectivity index (χ0v) is 13.9. The molecule has 2 aromatic rings. The number of fused-ring (bicyclic) bond motifs is 1. The van der Waals surface area contributed by atoms with Crippen molar-refractivity contribution >= 4 is 17.7 Å². The smallest absolute Gasteiger partial charge is 0.311 e. The minimum Gasteiger partial charge on any atom is -0.481 e. The van der Waals surface area contributed by atoms with Gasteiger partial charge in [-0.25, -0.2) is 9.50 Å². The number of aliphatic carboxylic acids is 1. The summed E-state index contributed by atoms with van der Waals surface area (Å²) in [5.41, 5.74) is 0.752. The van der Waals surface area contributed by atoms with Gasteiger partial charge in [0.15, 0.2) is 0 Å². The van der Waals surface area contributed by atoms with Gasteiger partial charge in [-0.3, -0.25) is 9.59 Å². The average molecular weight is 331 g/mol. The second-order valence-electron chi connectivity index (χ2n) is 6.51. The minimum absolute atomic E-state index is 0.00699. The molecule has 2 N–H and O–H groups in total. The van der Waals surface area contributed by atoms with Crippen LogP contribution in [-0.4, -0.2) is 43.1 Å². The number of hydrogen-bond donors (Lipinski definition) is 2. The summed E-state index contributed by atoms with van der Waals surface area (Å²) >= 11 is 0. The fourth-order valence-corrected chi connectivity index (χ4v) is 3.29. The average Bonchev–Trinajstić information content (AvgIpc) is 2.97. The van der Waals surface area contributed by atoms with Crippen LogP contribution in [0.3, 0.4) is 0 Å². The molecule has 0 unspecified atom stereocenters. The molecule has 24 heavy (non-hydrogen) atoms. The summed E-state index contributed by atoms with van der Waals surface area (Å²) in [6.45, 7) is 3.81. The Kier molecular flexibility index (Phi) is 4.21. The van der Waals surface area contributed by atoms with Crippen molar-refractivity contribution in [2.24, 2.45) is 5.41 Å². The Morgan fingerprint density at radius 3 is 2.62 bits per heavy atom. The molecule has 2 heterocycles. The summed E-state index contributed by atoms with van der Waals surface area (Å²) in [6.07, 6.45) is 3.96. The van der Waals surface area contributed by atoms with Crippen LogP contribution in [0, 0.1) is 19.3 Å². The van der Waals surface area contributed by atoms with Crippen LogP contribution in [-0.2, 0) is 4.79 Å². The Bertz CT molecular complexity index is 792. The largest absolute Gasteiger partial charge is 0.481 e. The molecule has 8 heteroatoms. The molecule has 0 bridgehead atoms. The second kappa shape index (κ2) is 6.18. The predicted molar refractivity (Wildman–Crippen MR) is 85.7 cm³/mol. The number of carbonyl (C=O) groups excluding carboxylic acids is 1. The normalized spacial score (nSPS) is 16.9. The molecule has 0 atom stereocenters. The Balaban J connectivity index is 1.77.